The second-order valence-corrected chi connectivity index (χ2v) is 4.71. The van der Waals surface area contributed by atoms with Crippen molar-refractivity contribution in [2.24, 2.45) is 0 Å². The zero-order valence-corrected chi connectivity index (χ0v) is 10.7. The van der Waals surface area contributed by atoms with Crippen LogP contribution in [0.3, 0.4) is 0 Å². The Morgan fingerprint density at radius 1 is 1.00 bits per heavy atom. The first-order valence-electron chi connectivity index (χ1n) is 5.39. The predicted molar refractivity (Wildman–Crippen MR) is 72.4 cm³/mol. The van der Waals surface area contributed by atoms with Crippen molar-refractivity contribution in [3.05, 3.63) is 70.3 Å². The zero-order chi connectivity index (χ0) is 12.1. The molecule has 0 spiro atoms. The van der Waals surface area contributed by atoms with Gasteiger partial charge in [0.25, 0.3) is 0 Å². The molecule has 1 aromatic heterocycles. The van der Waals surface area contributed by atoms with Gasteiger partial charge in [0.15, 0.2) is 0 Å². The van der Waals surface area contributed by atoms with Crippen LogP contribution in [0, 0.1) is 6.42 Å². The molecule has 0 saturated carbocycles. The van der Waals surface area contributed by atoms with Gasteiger partial charge in [-0.25, -0.2) is 0 Å². The molecule has 1 nitrogen and oxygen atoms in total. The molecule has 0 unspecified atom stereocenters. The van der Waals surface area contributed by atoms with Gasteiger partial charge < -0.3 is 0 Å². The summed E-state index contributed by atoms with van der Waals surface area (Å²) in [6, 6.07) is 9.63. The van der Waals surface area contributed by atoms with Crippen LogP contribution in [0.1, 0.15) is 11.1 Å². The molecular weight excluding hydrogens is 253 g/mol. The van der Waals surface area contributed by atoms with Gasteiger partial charge in [-0.05, 0) is 54.7 Å². The van der Waals surface area contributed by atoms with Crippen LogP contribution in [0.25, 0.3) is 0 Å². The first kappa shape index (κ1) is 12.4. The van der Waals surface area contributed by atoms with Crippen molar-refractivity contribution in [2.75, 3.05) is 0 Å². The third-order valence-corrected chi connectivity index (χ3v) is 2.84. The fourth-order valence-corrected chi connectivity index (χ4v) is 2.22. The Hall–Kier alpha value is -1.05. The van der Waals surface area contributed by atoms with Gasteiger partial charge in [0, 0.05) is 22.4 Å². The monoisotopic (exact) mass is 264 g/mol. The van der Waals surface area contributed by atoms with E-state index in [-0.39, 0.29) is 0 Å². The number of halogens is 2. The summed E-state index contributed by atoms with van der Waals surface area (Å²) < 4.78 is 0. The van der Waals surface area contributed by atoms with Crippen molar-refractivity contribution in [2.45, 2.75) is 12.8 Å². The molecule has 1 aromatic carbocycles. The molecule has 0 atom stereocenters. The van der Waals surface area contributed by atoms with E-state index in [2.05, 4.69) is 17.5 Å². The second-order valence-electron chi connectivity index (χ2n) is 3.84. The maximum atomic E-state index is 5.94. The van der Waals surface area contributed by atoms with Crippen molar-refractivity contribution >= 4 is 23.2 Å². The highest BCUT2D eigenvalue weighted by atomic mass is 35.5. The fourth-order valence-electron chi connectivity index (χ4n) is 1.65. The summed E-state index contributed by atoms with van der Waals surface area (Å²) in [5, 5.41) is 1.37. The highest BCUT2D eigenvalue weighted by Crippen LogP contribution is 2.20. The van der Waals surface area contributed by atoms with Gasteiger partial charge in [-0.3, -0.25) is 4.98 Å². The van der Waals surface area contributed by atoms with E-state index < -0.39 is 0 Å². The van der Waals surface area contributed by atoms with Crippen LogP contribution in [0.5, 0.6) is 0 Å². The highest BCUT2D eigenvalue weighted by Gasteiger charge is 1.99. The maximum Gasteiger partial charge on any atom is 0.0423 e. The summed E-state index contributed by atoms with van der Waals surface area (Å²) in [4.78, 5) is 4.08. The lowest BCUT2D eigenvalue weighted by Gasteiger charge is -2.03. The Balaban J connectivity index is 1.90. The van der Waals surface area contributed by atoms with E-state index in [0.29, 0.717) is 10.0 Å². The third-order valence-electron chi connectivity index (χ3n) is 2.41. The van der Waals surface area contributed by atoms with Gasteiger partial charge in [0.05, 0.1) is 0 Å². The molecule has 0 amide bonds. The smallest absolute Gasteiger partial charge is 0.0423 e. The minimum Gasteiger partial charge on any atom is -0.264 e. The molecule has 0 fully saturated rings. The summed E-state index contributed by atoms with van der Waals surface area (Å²) in [6.07, 6.45) is 7.61. The molecule has 17 heavy (non-hydrogen) atoms. The molecular formula is C14H12Cl2N. The number of hydrogen-bond donors (Lipinski definition) is 0. The minimum atomic E-state index is 0.683. The summed E-state index contributed by atoms with van der Waals surface area (Å²) >= 11 is 11.9. The number of rotatable bonds is 4. The molecule has 0 aliphatic rings. The maximum absolute atomic E-state index is 5.94. The quantitative estimate of drug-likeness (QED) is 0.799. The molecule has 0 aliphatic carbocycles. The molecule has 2 aromatic rings. The fraction of sp³-hybridized carbons (Fsp3) is 0.143. The number of hydrogen-bond acceptors (Lipinski definition) is 1. The largest absolute Gasteiger partial charge is 0.264 e. The Morgan fingerprint density at radius 3 is 2.35 bits per heavy atom. The van der Waals surface area contributed by atoms with Crippen molar-refractivity contribution in [3.8, 4) is 0 Å². The summed E-state index contributed by atoms with van der Waals surface area (Å²) in [6.45, 7) is 0. The van der Waals surface area contributed by atoms with Crippen LogP contribution in [0.15, 0.2) is 42.7 Å². The molecule has 2 rings (SSSR count). The van der Waals surface area contributed by atoms with Crippen LogP contribution >= 0.6 is 23.2 Å². The highest BCUT2D eigenvalue weighted by molar-refractivity contribution is 6.34. The number of aromatic nitrogens is 1. The Morgan fingerprint density at radius 2 is 1.71 bits per heavy atom. The standard InChI is InChI=1S/C14H12Cl2N/c15-13-7-12(8-14(16)9-13)4-1-3-11-5-2-6-17-10-11/h1-2,5-10H,3-4H2. The Kier molecular flexibility index (Phi) is 4.41. The molecule has 1 radical (unpaired) electrons. The molecule has 0 N–H and O–H groups in total. The van der Waals surface area contributed by atoms with E-state index in [4.69, 9.17) is 23.2 Å². The molecule has 87 valence electrons. The van der Waals surface area contributed by atoms with E-state index in [1.807, 2.05) is 24.4 Å². The minimum absolute atomic E-state index is 0.683. The lowest BCUT2D eigenvalue weighted by molar-refractivity contribution is 1.02. The average molecular weight is 265 g/mol. The second kappa shape index (κ2) is 6.04. The van der Waals surface area contributed by atoms with Crippen molar-refractivity contribution in [1.29, 1.82) is 0 Å². The van der Waals surface area contributed by atoms with E-state index >= 15 is 0 Å². The van der Waals surface area contributed by atoms with E-state index in [1.54, 1.807) is 12.3 Å². The van der Waals surface area contributed by atoms with E-state index in [9.17, 15) is 0 Å². The third kappa shape index (κ3) is 4.03. The SMILES string of the molecule is Clc1cc(Cl)cc(C[CH]Cc2cccnc2)c1. The summed E-state index contributed by atoms with van der Waals surface area (Å²) in [5.41, 5.74) is 2.34. The molecule has 1 heterocycles. The van der Waals surface area contributed by atoms with Gasteiger partial charge in [0.1, 0.15) is 0 Å². The van der Waals surface area contributed by atoms with Gasteiger partial charge in [-0.1, -0.05) is 29.3 Å². The van der Waals surface area contributed by atoms with Crippen LogP contribution < -0.4 is 0 Å². The lowest BCUT2D eigenvalue weighted by atomic mass is 10.1. The van der Waals surface area contributed by atoms with Crippen LogP contribution in [-0.4, -0.2) is 4.98 Å². The summed E-state index contributed by atoms with van der Waals surface area (Å²) in [5.74, 6) is 0. The normalized spacial score (nSPS) is 10.5. The van der Waals surface area contributed by atoms with Crippen molar-refractivity contribution in [1.82, 2.24) is 4.98 Å². The molecule has 0 saturated heterocycles. The van der Waals surface area contributed by atoms with Gasteiger partial charge in [0.2, 0.25) is 0 Å². The topological polar surface area (TPSA) is 12.9 Å². The van der Waals surface area contributed by atoms with Gasteiger partial charge in [-0.2, -0.15) is 0 Å². The van der Waals surface area contributed by atoms with Gasteiger partial charge >= 0.3 is 0 Å². The van der Waals surface area contributed by atoms with Crippen LogP contribution in [0.2, 0.25) is 10.0 Å². The van der Waals surface area contributed by atoms with Gasteiger partial charge in [-0.15, -0.1) is 0 Å². The predicted octanol–water partition coefficient (Wildman–Crippen LogP) is 4.38. The van der Waals surface area contributed by atoms with E-state index in [0.717, 1.165) is 18.4 Å². The zero-order valence-electron chi connectivity index (χ0n) is 9.24. The molecule has 3 heteroatoms. The van der Waals surface area contributed by atoms with Crippen molar-refractivity contribution < 1.29 is 0 Å². The van der Waals surface area contributed by atoms with Crippen LogP contribution in [0.4, 0.5) is 0 Å². The lowest BCUT2D eigenvalue weighted by Crippen LogP contribution is -1.92. The van der Waals surface area contributed by atoms with Crippen LogP contribution in [-0.2, 0) is 12.8 Å². The summed E-state index contributed by atoms with van der Waals surface area (Å²) in [7, 11) is 0. The van der Waals surface area contributed by atoms with E-state index in [1.165, 1.54) is 5.56 Å². The Labute approximate surface area is 111 Å². The average Bonchev–Trinajstić information content (AvgIpc) is 2.29. The number of benzene rings is 1. The number of pyridine rings is 1. The van der Waals surface area contributed by atoms with Crippen molar-refractivity contribution in [3.63, 3.8) is 0 Å². The Bertz CT molecular complexity index is 463. The molecule has 0 bridgehead atoms. The first-order valence-corrected chi connectivity index (χ1v) is 6.15. The number of nitrogens with zero attached hydrogens (tertiary/aromatic N) is 1. The first-order chi connectivity index (χ1) is 8.24. The molecule has 0 aliphatic heterocycles.